The number of nitrogens with one attached hydrogen (secondary N) is 1. The van der Waals surface area contributed by atoms with Gasteiger partial charge in [-0.3, -0.25) is 9.48 Å². The molecular formula is C22H24F3N5O. The topological polar surface area (TPSA) is 72.7 Å². The molecule has 0 radical (unpaired) electrons. The number of hydrogen-bond donors (Lipinski definition) is 1. The van der Waals surface area contributed by atoms with E-state index in [2.05, 4.69) is 34.2 Å². The van der Waals surface area contributed by atoms with E-state index in [0.717, 1.165) is 36.3 Å². The summed E-state index contributed by atoms with van der Waals surface area (Å²) in [5.41, 5.74) is -0.729. The van der Waals surface area contributed by atoms with E-state index < -0.39 is 17.8 Å². The van der Waals surface area contributed by atoms with E-state index in [1.165, 1.54) is 18.9 Å². The van der Waals surface area contributed by atoms with Crippen LogP contribution in [0.25, 0.3) is 10.9 Å². The van der Waals surface area contributed by atoms with Crippen LogP contribution in [0, 0.1) is 11.8 Å². The molecular weight excluding hydrogens is 407 g/mol. The van der Waals surface area contributed by atoms with E-state index in [1.807, 2.05) is 10.9 Å². The zero-order valence-electron chi connectivity index (χ0n) is 17.4. The van der Waals surface area contributed by atoms with Crippen LogP contribution >= 0.6 is 0 Å². The molecule has 1 amide bonds. The van der Waals surface area contributed by atoms with E-state index in [-0.39, 0.29) is 11.5 Å². The van der Waals surface area contributed by atoms with Crippen molar-refractivity contribution in [2.45, 2.75) is 51.7 Å². The summed E-state index contributed by atoms with van der Waals surface area (Å²) in [5, 5.41) is 7.96. The second-order valence-electron chi connectivity index (χ2n) is 8.41. The first kappa shape index (κ1) is 21.3. The smallest absolute Gasteiger partial charge is 0.305 e. The molecule has 3 heterocycles. The molecule has 31 heavy (non-hydrogen) atoms. The van der Waals surface area contributed by atoms with Crippen molar-refractivity contribution in [2.24, 2.45) is 11.8 Å². The molecule has 1 N–H and O–H groups in total. The Bertz CT molecular complexity index is 1080. The average molecular weight is 431 g/mol. The number of anilines is 1. The van der Waals surface area contributed by atoms with Gasteiger partial charge in [0.05, 0.1) is 12.2 Å². The Kier molecular flexibility index (Phi) is 5.68. The Morgan fingerprint density at radius 1 is 1.19 bits per heavy atom. The molecule has 4 rings (SSSR count). The normalized spacial score (nSPS) is 19.7. The van der Waals surface area contributed by atoms with E-state index in [0.29, 0.717) is 17.5 Å². The zero-order chi connectivity index (χ0) is 22.2. The number of pyridine rings is 2. The minimum absolute atomic E-state index is 0.236. The van der Waals surface area contributed by atoms with Crippen LogP contribution < -0.4 is 5.32 Å². The Hall–Kier alpha value is -2.97. The highest BCUT2D eigenvalue weighted by Gasteiger charge is 2.33. The van der Waals surface area contributed by atoms with Crippen LogP contribution in [0.5, 0.6) is 0 Å². The lowest BCUT2D eigenvalue weighted by atomic mass is 9.80. The number of carbonyl (C=O) groups excluding carboxylic acids is 1. The summed E-state index contributed by atoms with van der Waals surface area (Å²) in [4.78, 5) is 20.0. The molecule has 3 aromatic heterocycles. The summed E-state index contributed by atoms with van der Waals surface area (Å²) in [6.45, 7) is 4.53. The molecule has 6 nitrogen and oxygen atoms in total. The van der Waals surface area contributed by atoms with Gasteiger partial charge in [-0.05, 0) is 55.7 Å². The maximum atomic E-state index is 12.8. The first-order chi connectivity index (χ1) is 14.7. The van der Waals surface area contributed by atoms with Crippen LogP contribution in [0.4, 0.5) is 19.0 Å². The lowest BCUT2D eigenvalue weighted by Crippen LogP contribution is -2.21. The van der Waals surface area contributed by atoms with Gasteiger partial charge in [-0.1, -0.05) is 19.9 Å². The van der Waals surface area contributed by atoms with Crippen LogP contribution in [0.3, 0.4) is 0 Å². The molecule has 0 atom stereocenters. The summed E-state index contributed by atoms with van der Waals surface area (Å²) >= 11 is 0. The lowest BCUT2D eigenvalue weighted by Gasteiger charge is -2.30. The lowest BCUT2D eigenvalue weighted by molar-refractivity contribution is -0.141. The highest BCUT2D eigenvalue weighted by molar-refractivity contribution is 6.03. The Morgan fingerprint density at radius 2 is 1.94 bits per heavy atom. The number of nitrogens with zero attached hydrogens (tertiary/aromatic N) is 4. The highest BCUT2D eigenvalue weighted by atomic mass is 19.4. The SMILES string of the molecule is CC(C)[C@H]1CC[C@H](n2cc3cc(NC(=O)c4cccc(C(F)(F)F)n4)ncc3n2)CC1. The minimum Gasteiger partial charge on any atom is -0.305 e. The maximum absolute atomic E-state index is 12.8. The third-order valence-corrected chi connectivity index (χ3v) is 5.98. The number of alkyl halides is 3. The molecule has 9 heteroatoms. The largest absolute Gasteiger partial charge is 0.433 e. The number of hydrogen-bond acceptors (Lipinski definition) is 4. The van der Waals surface area contributed by atoms with Crippen molar-refractivity contribution < 1.29 is 18.0 Å². The van der Waals surface area contributed by atoms with Crippen molar-refractivity contribution in [3.05, 3.63) is 48.0 Å². The van der Waals surface area contributed by atoms with Crippen molar-refractivity contribution in [3.8, 4) is 0 Å². The minimum atomic E-state index is -4.61. The van der Waals surface area contributed by atoms with E-state index in [1.54, 1.807) is 12.3 Å². The molecule has 1 aliphatic carbocycles. The van der Waals surface area contributed by atoms with Crippen molar-refractivity contribution in [3.63, 3.8) is 0 Å². The van der Waals surface area contributed by atoms with Gasteiger partial charge in [0.15, 0.2) is 0 Å². The monoisotopic (exact) mass is 431 g/mol. The van der Waals surface area contributed by atoms with Crippen molar-refractivity contribution in [1.29, 1.82) is 0 Å². The fraction of sp³-hybridized carbons (Fsp3) is 0.455. The number of carbonyl (C=O) groups is 1. The molecule has 1 fully saturated rings. The summed E-state index contributed by atoms with van der Waals surface area (Å²) in [6.07, 6.45) is 3.40. The van der Waals surface area contributed by atoms with Gasteiger partial charge in [-0.2, -0.15) is 18.3 Å². The summed E-state index contributed by atoms with van der Waals surface area (Å²) in [7, 11) is 0. The predicted octanol–water partition coefficient (Wildman–Crippen LogP) is 5.48. The van der Waals surface area contributed by atoms with Gasteiger partial charge in [0.25, 0.3) is 5.91 Å². The molecule has 1 saturated carbocycles. The molecule has 0 unspecified atom stereocenters. The average Bonchev–Trinajstić information content (AvgIpc) is 3.16. The second-order valence-corrected chi connectivity index (χ2v) is 8.41. The van der Waals surface area contributed by atoms with Gasteiger partial charge in [-0.15, -0.1) is 0 Å². The highest BCUT2D eigenvalue weighted by Crippen LogP contribution is 2.36. The van der Waals surface area contributed by atoms with Crippen LogP contribution in [-0.2, 0) is 6.18 Å². The molecule has 0 bridgehead atoms. The van der Waals surface area contributed by atoms with Crippen molar-refractivity contribution >= 4 is 22.6 Å². The second kappa shape index (κ2) is 8.28. The first-order valence-corrected chi connectivity index (χ1v) is 10.4. The quantitative estimate of drug-likeness (QED) is 0.593. The fourth-order valence-electron chi connectivity index (χ4n) is 4.13. The Morgan fingerprint density at radius 3 is 2.61 bits per heavy atom. The number of rotatable bonds is 4. The van der Waals surface area contributed by atoms with Crippen LogP contribution in [0.1, 0.15) is 61.8 Å². The Balaban J connectivity index is 1.48. The molecule has 0 aromatic carbocycles. The maximum Gasteiger partial charge on any atom is 0.433 e. The van der Waals surface area contributed by atoms with Gasteiger partial charge in [0.2, 0.25) is 0 Å². The standard InChI is InChI=1S/C22H24F3N5O/c1-13(2)14-6-8-16(9-7-14)30-12-15-10-20(26-11-18(15)29-30)28-21(31)17-4-3-5-19(27-17)22(23,24)25/h3-5,10-14,16H,6-9H2,1-2H3,(H,28,31)/t14-,16-. The third kappa shape index (κ3) is 4.70. The summed E-state index contributed by atoms with van der Waals surface area (Å²) in [5.74, 6) is 0.936. The number of amides is 1. The van der Waals surface area contributed by atoms with Crippen LogP contribution in [-0.4, -0.2) is 25.7 Å². The molecule has 0 saturated heterocycles. The van der Waals surface area contributed by atoms with Gasteiger partial charge in [0.1, 0.15) is 22.7 Å². The molecule has 1 aliphatic rings. The molecule has 0 aliphatic heterocycles. The van der Waals surface area contributed by atoms with Gasteiger partial charge in [-0.25, -0.2) is 9.97 Å². The molecule has 0 spiro atoms. The zero-order valence-corrected chi connectivity index (χ0v) is 17.4. The third-order valence-electron chi connectivity index (χ3n) is 5.98. The van der Waals surface area contributed by atoms with Gasteiger partial charge in [0, 0.05) is 11.6 Å². The van der Waals surface area contributed by atoms with Crippen LogP contribution in [0.15, 0.2) is 36.7 Å². The molecule has 164 valence electrons. The number of fused-ring (bicyclic) bond motifs is 1. The van der Waals surface area contributed by atoms with Crippen LogP contribution in [0.2, 0.25) is 0 Å². The molecule has 3 aromatic rings. The fourth-order valence-corrected chi connectivity index (χ4v) is 4.13. The van der Waals surface area contributed by atoms with E-state index in [9.17, 15) is 18.0 Å². The first-order valence-electron chi connectivity index (χ1n) is 10.4. The number of halogens is 3. The predicted molar refractivity (Wildman–Crippen MR) is 111 cm³/mol. The Labute approximate surface area is 177 Å². The van der Waals surface area contributed by atoms with Gasteiger partial charge >= 0.3 is 6.18 Å². The van der Waals surface area contributed by atoms with E-state index in [4.69, 9.17) is 0 Å². The summed E-state index contributed by atoms with van der Waals surface area (Å²) < 4.78 is 40.5. The van der Waals surface area contributed by atoms with Crippen molar-refractivity contribution in [2.75, 3.05) is 5.32 Å². The van der Waals surface area contributed by atoms with Gasteiger partial charge < -0.3 is 5.32 Å². The van der Waals surface area contributed by atoms with E-state index >= 15 is 0 Å². The summed E-state index contributed by atoms with van der Waals surface area (Å²) in [6, 6.07) is 5.22. The van der Waals surface area contributed by atoms with Crippen molar-refractivity contribution in [1.82, 2.24) is 19.7 Å². The number of aromatic nitrogens is 4.